The van der Waals surface area contributed by atoms with Gasteiger partial charge in [-0.1, -0.05) is 0 Å². The highest BCUT2D eigenvalue weighted by Crippen LogP contribution is 2.18. The van der Waals surface area contributed by atoms with E-state index < -0.39 is 5.97 Å². The van der Waals surface area contributed by atoms with Crippen LogP contribution in [0, 0.1) is 0 Å². The molecule has 0 aromatic heterocycles. The molecule has 0 aromatic carbocycles. The van der Waals surface area contributed by atoms with Gasteiger partial charge in [-0.2, -0.15) is 0 Å². The normalized spacial score (nSPS) is 14.5. The van der Waals surface area contributed by atoms with Gasteiger partial charge < -0.3 is 20.6 Å². The summed E-state index contributed by atoms with van der Waals surface area (Å²) in [5.41, 5.74) is 0. The standard InChI is InChI=1S/C13H25N3O3/c1-10(2)16(9-6-12(17)18)13(19)15-8-3-7-14-11-4-5-11/h10-11,14H,3-9H2,1-2H3,(H,15,19)(H,17,18). The van der Waals surface area contributed by atoms with Crippen molar-refractivity contribution in [3.63, 3.8) is 0 Å². The summed E-state index contributed by atoms with van der Waals surface area (Å²) in [6.07, 6.45) is 3.41. The van der Waals surface area contributed by atoms with Gasteiger partial charge in [0, 0.05) is 25.2 Å². The number of hydrogen-bond acceptors (Lipinski definition) is 3. The van der Waals surface area contributed by atoms with Crippen molar-refractivity contribution in [3.8, 4) is 0 Å². The van der Waals surface area contributed by atoms with Crippen molar-refractivity contribution in [1.82, 2.24) is 15.5 Å². The van der Waals surface area contributed by atoms with Crippen LogP contribution in [0.5, 0.6) is 0 Å². The summed E-state index contributed by atoms with van der Waals surface area (Å²) in [6.45, 7) is 5.56. The van der Waals surface area contributed by atoms with Crippen LogP contribution in [0.25, 0.3) is 0 Å². The lowest BCUT2D eigenvalue weighted by Crippen LogP contribution is -2.45. The van der Waals surface area contributed by atoms with E-state index in [1.807, 2.05) is 13.8 Å². The van der Waals surface area contributed by atoms with Gasteiger partial charge in [-0.3, -0.25) is 4.79 Å². The second-order valence-electron chi connectivity index (χ2n) is 5.24. The van der Waals surface area contributed by atoms with Gasteiger partial charge >= 0.3 is 12.0 Å². The second kappa shape index (κ2) is 7.99. The Hall–Kier alpha value is -1.30. The monoisotopic (exact) mass is 271 g/mol. The summed E-state index contributed by atoms with van der Waals surface area (Å²) in [5.74, 6) is -0.882. The van der Waals surface area contributed by atoms with E-state index in [4.69, 9.17) is 5.11 Å². The van der Waals surface area contributed by atoms with Crippen LogP contribution in [-0.4, -0.2) is 53.7 Å². The Kier molecular flexibility index (Phi) is 6.62. The number of nitrogens with one attached hydrogen (secondary N) is 2. The molecule has 0 atom stereocenters. The average Bonchev–Trinajstić information content (AvgIpc) is 3.11. The minimum atomic E-state index is -0.882. The molecule has 0 spiro atoms. The maximum absolute atomic E-state index is 11.9. The van der Waals surface area contributed by atoms with Gasteiger partial charge in [0.15, 0.2) is 0 Å². The van der Waals surface area contributed by atoms with Crippen molar-refractivity contribution in [2.75, 3.05) is 19.6 Å². The van der Waals surface area contributed by atoms with Crippen molar-refractivity contribution in [3.05, 3.63) is 0 Å². The largest absolute Gasteiger partial charge is 0.481 e. The Balaban J connectivity index is 2.16. The molecule has 0 aliphatic heterocycles. The zero-order valence-electron chi connectivity index (χ0n) is 11.8. The summed E-state index contributed by atoms with van der Waals surface area (Å²) in [4.78, 5) is 24.0. The van der Waals surface area contributed by atoms with Crippen LogP contribution in [0.2, 0.25) is 0 Å². The fraction of sp³-hybridized carbons (Fsp3) is 0.846. The summed E-state index contributed by atoms with van der Waals surface area (Å²) >= 11 is 0. The number of amides is 2. The van der Waals surface area contributed by atoms with E-state index in [-0.39, 0.29) is 25.0 Å². The maximum atomic E-state index is 11.9. The Morgan fingerprint density at radius 1 is 1.32 bits per heavy atom. The summed E-state index contributed by atoms with van der Waals surface area (Å²) in [6, 6.07) is 0.519. The van der Waals surface area contributed by atoms with Gasteiger partial charge in [0.1, 0.15) is 0 Å². The molecular weight excluding hydrogens is 246 g/mol. The lowest BCUT2D eigenvalue weighted by Gasteiger charge is -2.26. The van der Waals surface area contributed by atoms with E-state index in [0.717, 1.165) is 13.0 Å². The number of carboxylic acids is 1. The zero-order chi connectivity index (χ0) is 14.3. The SMILES string of the molecule is CC(C)N(CCC(=O)O)C(=O)NCCCNC1CC1. The van der Waals surface area contributed by atoms with Gasteiger partial charge in [0.05, 0.1) is 6.42 Å². The van der Waals surface area contributed by atoms with Crippen molar-refractivity contribution in [2.45, 2.75) is 51.6 Å². The Morgan fingerprint density at radius 2 is 2.00 bits per heavy atom. The van der Waals surface area contributed by atoms with Gasteiger partial charge in [-0.05, 0) is 39.7 Å². The topological polar surface area (TPSA) is 81.7 Å². The first-order valence-electron chi connectivity index (χ1n) is 7.00. The van der Waals surface area contributed by atoms with Gasteiger partial charge in [-0.25, -0.2) is 4.79 Å². The summed E-state index contributed by atoms with van der Waals surface area (Å²) < 4.78 is 0. The summed E-state index contributed by atoms with van der Waals surface area (Å²) in [5, 5.41) is 14.9. The average molecular weight is 271 g/mol. The van der Waals surface area contributed by atoms with Crippen LogP contribution >= 0.6 is 0 Å². The number of carboxylic acid groups (broad SMARTS) is 1. The molecule has 0 heterocycles. The number of hydrogen-bond donors (Lipinski definition) is 3. The Bertz CT molecular complexity index is 304. The molecule has 0 aromatic rings. The van der Waals surface area contributed by atoms with Crippen LogP contribution in [-0.2, 0) is 4.79 Å². The van der Waals surface area contributed by atoms with Crippen LogP contribution in [0.3, 0.4) is 0 Å². The smallest absolute Gasteiger partial charge is 0.317 e. The number of carbonyl (C=O) groups is 2. The molecule has 3 N–H and O–H groups in total. The number of nitrogens with zero attached hydrogens (tertiary/aromatic N) is 1. The first-order valence-corrected chi connectivity index (χ1v) is 7.00. The highest BCUT2D eigenvalue weighted by atomic mass is 16.4. The van der Waals surface area contributed by atoms with Crippen molar-refractivity contribution in [2.24, 2.45) is 0 Å². The number of aliphatic carboxylic acids is 1. The lowest BCUT2D eigenvalue weighted by atomic mass is 10.3. The van der Waals surface area contributed by atoms with Crippen molar-refractivity contribution < 1.29 is 14.7 Å². The molecule has 6 nitrogen and oxygen atoms in total. The lowest BCUT2D eigenvalue weighted by molar-refractivity contribution is -0.137. The molecule has 0 saturated heterocycles. The van der Waals surface area contributed by atoms with Crippen LogP contribution in [0.4, 0.5) is 4.79 Å². The molecule has 1 rings (SSSR count). The Labute approximate surface area is 114 Å². The summed E-state index contributed by atoms with van der Waals surface area (Å²) in [7, 11) is 0. The zero-order valence-corrected chi connectivity index (χ0v) is 11.8. The highest BCUT2D eigenvalue weighted by molar-refractivity contribution is 5.75. The molecule has 19 heavy (non-hydrogen) atoms. The molecule has 1 fully saturated rings. The third kappa shape index (κ3) is 7.00. The number of urea groups is 1. The van der Waals surface area contributed by atoms with Crippen molar-refractivity contribution >= 4 is 12.0 Å². The molecular formula is C13H25N3O3. The third-order valence-corrected chi connectivity index (χ3v) is 3.09. The third-order valence-electron chi connectivity index (χ3n) is 3.09. The molecule has 0 unspecified atom stereocenters. The second-order valence-corrected chi connectivity index (χ2v) is 5.24. The Morgan fingerprint density at radius 3 is 2.53 bits per heavy atom. The molecule has 1 saturated carbocycles. The molecule has 110 valence electrons. The van der Waals surface area contributed by atoms with Crippen LogP contribution < -0.4 is 10.6 Å². The fourth-order valence-electron chi connectivity index (χ4n) is 1.79. The predicted octanol–water partition coefficient (Wildman–Crippen LogP) is 1.02. The minimum Gasteiger partial charge on any atom is -0.481 e. The quantitative estimate of drug-likeness (QED) is 0.547. The molecule has 2 amide bonds. The molecule has 0 bridgehead atoms. The molecule has 1 aliphatic carbocycles. The van der Waals surface area contributed by atoms with Gasteiger partial charge in [0.25, 0.3) is 0 Å². The van der Waals surface area contributed by atoms with Gasteiger partial charge in [0.2, 0.25) is 0 Å². The van der Waals surface area contributed by atoms with E-state index in [1.54, 1.807) is 4.90 Å². The van der Waals surface area contributed by atoms with E-state index in [0.29, 0.717) is 12.6 Å². The first-order chi connectivity index (χ1) is 9.00. The minimum absolute atomic E-state index is 0.00365. The van der Waals surface area contributed by atoms with Gasteiger partial charge in [-0.15, -0.1) is 0 Å². The number of carbonyl (C=O) groups excluding carboxylic acids is 1. The van der Waals surface area contributed by atoms with Crippen LogP contribution in [0.1, 0.15) is 39.5 Å². The van der Waals surface area contributed by atoms with Crippen molar-refractivity contribution in [1.29, 1.82) is 0 Å². The van der Waals surface area contributed by atoms with E-state index in [1.165, 1.54) is 12.8 Å². The maximum Gasteiger partial charge on any atom is 0.317 e. The predicted molar refractivity (Wildman–Crippen MR) is 73.1 cm³/mol. The highest BCUT2D eigenvalue weighted by Gasteiger charge is 2.20. The van der Waals surface area contributed by atoms with Crippen LogP contribution in [0.15, 0.2) is 0 Å². The van der Waals surface area contributed by atoms with E-state index in [2.05, 4.69) is 10.6 Å². The van der Waals surface area contributed by atoms with E-state index in [9.17, 15) is 9.59 Å². The molecule has 6 heteroatoms. The van der Waals surface area contributed by atoms with E-state index >= 15 is 0 Å². The molecule has 1 aliphatic rings. The fourth-order valence-corrected chi connectivity index (χ4v) is 1.79. The molecule has 0 radical (unpaired) electrons. The number of rotatable bonds is 9. The first kappa shape index (κ1) is 15.8.